The molecule has 0 bridgehead atoms. The van der Waals surface area contributed by atoms with Crippen molar-refractivity contribution in [3.8, 4) is 55.6 Å². The van der Waals surface area contributed by atoms with Crippen LogP contribution in [-0.4, -0.2) is 102 Å². The molecule has 26 radical (unpaired) electrons. The Morgan fingerprint density at radius 2 is 0.740 bits per heavy atom. The predicted octanol–water partition coefficient (Wildman–Crippen LogP) is 0.863. The minimum absolute atomic E-state index is 0.00292. The topological polar surface area (TPSA) is 16.4 Å². The Hall–Kier alpha value is -7.10. The third kappa shape index (κ3) is 7.76. The van der Waals surface area contributed by atoms with Crippen LogP contribution < -0.4 is 75.9 Å². The molecule has 0 unspecified atom stereocenters. The molecular formula is C58H26B13NO. The van der Waals surface area contributed by atoms with Gasteiger partial charge in [0.15, 0.2) is 0 Å². The van der Waals surface area contributed by atoms with Gasteiger partial charge in [0.25, 0.3) is 0 Å². The average Bonchev–Trinajstić information content (AvgIpc) is 3.82. The van der Waals surface area contributed by atoms with Crippen molar-refractivity contribution in [1.29, 1.82) is 0 Å². The van der Waals surface area contributed by atoms with Crippen LogP contribution in [0.25, 0.3) is 88.3 Å². The van der Waals surface area contributed by atoms with Crippen LogP contribution in [0.2, 0.25) is 0 Å². The van der Waals surface area contributed by atoms with Crippen LogP contribution in [0.4, 0.5) is 17.1 Å². The number of benzene rings is 10. The Kier molecular flexibility index (Phi) is 12.4. The van der Waals surface area contributed by atoms with Gasteiger partial charge < -0.3 is 9.32 Å². The van der Waals surface area contributed by atoms with Crippen molar-refractivity contribution in [1.82, 2.24) is 0 Å². The first-order valence-electron chi connectivity index (χ1n) is 23.2. The SMILES string of the molecule is [B]c1c([B])c([B])c(-c2c([B])c([B])c(-c3c([B])c([B])c(N(c4ccc(-c5cccc6oc7c8ccccc8ccc7c56)cc4)c4ccccc4-c4ccc(-c5ccccc5)cc4)c([B])c3[B])c([B])c2[B])c([B])c1[B]. The highest BCUT2D eigenvalue weighted by Crippen LogP contribution is 2.43. The molecule has 11 aromatic rings. The zero-order chi connectivity index (χ0) is 51.1. The summed E-state index contributed by atoms with van der Waals surface area (Å²) in [4.78, 5) is 1.95. The monoisotopic (exact) mass is 895 g/mol. The minimum Gasteiger partial charge on any atom is -0.455 e. The van der Waals surface area contributed by atoms with Crippen LogP contribution >= 0.6 is 0 Å². The van der Waals surface area contributed by atoms with Gasteiger partial charge in [0, 0.05) is 33.1 Å². The lowest BCUT2D eigenvalue weighted by molar-refractivity contribution is 0.673. The second-order valence-electron chi connectivity index (χ2n) is 18.0. The molecule has 15 heteroatoms. The largest absolute Gasteiger partial charge is 0.455 e. The molecule has 0 aliphatic carbocycles. The molecule has 0 amide bonds. The van der Waals surface area contributed by atoms with Crippen molar-refractivity contribution in [2.24, 2.45) is 0 Å². The highest BCUT2D eigenvalue weighted by atomic mass is 16.3. The van der Waals surface area contributed by atoms with E-state index in [1.807, 2.05) is 83.8 Å². The highest BCUT2D eigenvalue weighted by molar-refractivity contribution is 6.72. The number of anilines is 3. The van der Waals surface area contributed by atoms with E-state index in [1.54, 1.807) is 0 Å². The molecule has 0 aliphatic rings. The highest BCUT2D eigenvalue weighted by Gasteiger charge is 2.27. The summed E-state index contributed by atoms with van der Waals surface area (Å²) in [6, 6.07) is 53.1. The van der Waals surface area contributed by atoms with Gasteiger partial charge >= 0.3 is 0 Å². The summed E-state index contributed by atoms with van der Waals surface area (Å²) >= 11 is 0. The fourth-order valence-corrected chi connectivity index (χ4v) is 10.2. The molecule has 2 nitrogen and oxygen atoms in total. The van der Waals surface area contributed by atoms with Crippen molar-refractivity contribution < 1.29 is 4.42 Å². The van der Waals surface area contributed by atoms with Crippen LogP contribution in [0.15, 0.2) is 162 Å². The zero-order valence-electron chi connectivity index (χ0n) is 39.4. The molecule has 11 rings (SSSR count). The molecule has 0 aliphatic heterocycles. The fraction of sp³-hybridized carbons (Fsp3) is 0. The maximum Gasteiger partial charge on any atom is 0.143 e. The van der Waals surface area contributed by atoms with Gasteiger partial charge in [0.05, 0.1) is 5.69 Å². The maximum atomic E-state index is 7.26. The van der Waals surface area contributed by atoms with Crippen LogP contribution in [0.3, 0.4) is 0 Å². The quantitative estimate of drug-likeness (QED) is 0.211. The van der Waals surface area contributed by atoms with Crippen molar-refractivity contribution >= 4 is 223 Å². The first kappa shape index (κ1) is 48.2. The molecular weight excluding hydrogens is 867 g/mol. The van der Waals surface area contributed by atoms with Gasteiger partial charge in [-0.25, -0.2) is 0 Å². The van der Waals surface area contributed by atoms with Crippen LogP contribution in [-0.2, 0) is 0 Å². The minimum atomic E-state index is -0.0650. The zero-order valence-corrected chi connectivity index (χ0v) is 39.4. The van der Waals surface area contributed by atoms with Gasteiger partial charge in [-0.3, -0.25) is 0 Å². The van der Waals surface area contributed by atoms with Gasteiger partial charge in [-0.15, -0.1) is 16.4 Å². The lowest BCUT2D eigenvalue weighted by atomic mass is 9.55. The molecule has 0 saturated heterocycles. The van der Waals surface area contributed by atoms with Gasteiger partial charge in [0.2, 0.25) is 0 Å². The van der Waals surface area contributed by atoms with Gasteiger partial charge in [-0.1, -0.05) is 182 Å². The Bertz CT molecular complexity index is 3980. The Labute approximate surface area is 442 Å². The van der Waals surface area contributed by atoms with Crippen molar-refractivity contribution in [2.45, 2.75) is 0 Å². The van der Waals surface area contributed by atoms with E-state index in [2.05, 4.69) is 78.9 Å². The maximum absolute atomic E-state index is 7.26. The second kappa shape index (κ2) is 18.7. The Balaban J connectivity index is 1.10. The number of furan rings is 1. The number of nitrogens with zero attached hydrogens (tertiary/aromatic N) is 1. The number of para-hydroxylation sites is 1. The summed E-state index contributed by atoms with van der Waals surface area (Å²) in [6.45, 7) is 0. The van der Waals surface area contributed by atoms with Gasteiger partial charge in [-0.2, -0.15) is 0 Å². The van der Waals surface area contributed by atoms with Crippen LogP contribution in [0, 0.1) is 0 Å². The molecule has 0 atom stereocenters. The summed E-state index contributed by atoms with van der Waals surface area (Å²) in [7, 11) is 87.7. The summed E-state index contributed by atoms with van der Waals surface area (Å²) in [5.41, 5.74) is 9.41. The van der Waals surface area contributed by atoms with Crippen molar-refractivity contribution in [3.05, 3.63) is 158 Å². The molecule has 0 fully saturated rings. The van der Waals surface area contributed by atoms with Gasteiger partial charge in [-0.05, 0) is 85.8 Å². The van der Waals surface area contributed by atoms with E-state index in [1.165, 1.54) is 0 Å². The number of hydrogen-bond acceptors (Lipinski definition) is 2. The third-order valence-electron chi connectivity index (χ3n) is 14.0. The van der Waals surface area contributed by atoms with Crippen molar-refractivity contribution in [2.75, 3.05) is 4.90 Å². The molecule has 0 N–H and O–H groups in total. The molecule has 308 valence electrons. The summed E-state index contributed by atoms with van der Waals surface area (Å²) in [5.74, 6) is 0. The Morgan fingerprint density at radius 1 is 0.301 bits per heavy atom. The fourth-order valence-electron chi connectivity index (χ4n) is 10.2. The van der Waals surface area contributed by atoms with Gasteiger partial charge in [0.1, 0.15) is 113 Å². The average molecular weight is 893 g/mol. The number of rotatable bonds is 8. The summed E-state index contributed by atoms with van der Waals surface area (Å²) in [6.07, 6.45) is 0. The molecule has 0 saturated carbocycles. The lowest BCUT2D eigenvalue weighted by Crippen LogP contribution is -2.57. The molecule has 73 heavy (non-hydrogen) atoms. The van der Waals surface area contributed by atoms with E-state index in [-0.39, 0.29) is 93.3 Å². The van der Waals surface area contributed by atoms with Crippen molar-refractivity contribution in [3.63, 3.8) is 0 Å². The van der Waals surface area contributed by atoms with Crippen LogP contribution in [0.1, 0.15) is 0 Å². The molecule has 1 heterocycles. The van der Waals surface area contributed by atoms with E-state index in [0.29, 0.717) is 11.4 Å². The van der Waals surface area contributed by atoms with E-state index < -0.39 is 0 Å². The van der Waals surface area contributed by atoms with E-state index >= 15 is 0 Å². The third-order valence-corrected chi connectivity index (χ3v) is 14.0. The summed E-state index contributed by atoms with van der Waals surface area (Å²) < 4.78 is 6.55. The Morgan fingerprint density at radius 3 is 1.34 bits per heavy atom. The lowest BCUT2D eigenvalue weighted by Gasteiger charge is -2.35. The van der Waals surface area contributed by atoms with E-state index in [4.69, 9.17) is 106 Å². The molecule has 1 aromatic heterocycles. The predicted molar refractivity (Wildman–Crippen MR) is 323 cm³/mol. The molecule has 0 spiro atoms. The standard InChI is InChI=1S/C58H26B13NO/c59-44-40(42-48(63)52(67)54(69)53(68)49(42)64)45(60)47(62)41(46(44)61)43-50(65)55(70)57(56(71)51(43)66)72(37-15-7-6-12-33(37)30-19-17-28(18-20-30)27-9-2-1-3-10-27)32-24-21-31(22-25-32)34-14-8-16-38-39(34)36-26-23-29-11-4-5-13-35(29)58(36)73-38/h1-26H. The van der Waals surface area contributed by atoms with E-state index in [0.717, 1.165) is 71.8 Å². The van der Waals surface area contributed by atoms with Crippen LogP contribution in [0.5, 0.6) is 0 Å². The smallest absolute Gasteiger partial charge is 0.143 e. The van der Waals surface area contributed by atoms with E-state index in [9.17, 15) is 0 Å². The summed E-state index contributed by atoms with van der Waals surface area (Å²) in [5, 5.41) is 4.16. The number of hydrogen-bond donors (Lipinski definition) is 0. The second-order valence-corrected chi connectivity index (χ2v) is 18.0. The first-order chi connectivity index (χ1) is 35.2. The number of fused-ring (bicyclic) bond motifs is 5. The molecule has 10 aromatic carbocycles. The first-order valence-corrected chi connectivity index (χ1v) is 23.2. The normalized spacial score (nSPS) is 11.5.